The fraction of sp³-hybridized carbons (Fsp3) is 0.0476. The predicted octanol–water partition coefficient (Wildman–Crippen LogP) is 3.83. The molecule has 6 nitrogen and oxygen atoms in total. The minimum atomic E-state index is -1.11. The van der Waals surface area contributed by atoms with Gasteiger partial charge < -0.3 is 5.11 Å². The monoisotopic (exact) mass is 421 g/mol. The van der Waals surface area contributed by atoms with E-state index in [1.54, 1.807) is 10.8 Å². The van der Waals surface area contributed by atoms with Crippen LogP contribution >= 0.6 is 24.0 Å². The van der Waals surface area contributed by atoms with Gasteiger partial charge in [-0.05, 0) is 18.2 Å². The Morgan fingerprint density at radius 3 is 2.41 bits per heavy atom. The normalized spacial score (nSPS) is 15.3. The van der Waals surface area contributed by atoms with Crippen molar-refractivity contribution in [3.63, 3.8) is 0 Å². The fourth-order valence-corrected chi connectivity index (χ4v) is 4.19. The third-order valence-corrected chi connectivity index (χ3v) is 5.64. The van der Waals surface area contributed by atoms with E-state index in [2.05, 4.69) is 0 Å². The second kappa shape index (κ2) is 8.02. The number of carbonyl (C=O) groups is 2. The van der Waals surface area contributed by atoms with E-state index in [0.29, 0.717) is 4.91 Å². The second-order valence-corrected chi connectivity index (χ2v) is 7.92. The Morgan fingerprint density at radius 2 is 1.76 bits per heavy atom. The molecule has 1 aromatic heterocycles. The molecule has 2 aromatic carbocycles. The van der Waals surface area contributed by atoms with Gasteiger partial charge in [0.15, 0.2) is 0 Å². The Bertz CT molecular complexity index is 1120. The van der Waals surface area contributed by atoms with Gasteiger partial charge in [0, 0.05) is 17.3 Å². The maximum Gasteiger partial charge on any atom is 0.323 e. The minimum Gasteiger partial charge on any atom is -0.480 e. The van der Waals surface area contributed by atoms with Gasteiger partial charge in [-0.15, -0.1) is 0 Å². The van der Waals surface area contributed by atoms with Crippen molar-refractivity contribution >= 4 is 46.3 Å². The number of carboxylic acid groups (broad SMARTS) is 1. The zero-order valence-corrected chi connectivity index (χ0v) is 16.7. The van der Waals surface area contributed by atoms with Crippen LogP contribution in [0.4, 0.5) is 0 Å². The number of carboxylic acids is 1. The van der Waals surface area contributed by atoms with Crippen LogP contribution in [0.3, 0.4) is 0 Å². The van der Waals surface area contributed by atoms with Crippen molar-refractivity contribution in [1.82, 2.24) is 14.7 Å². The number of hydrogen-bond donors (Lipinski definition) is 1. The first-order chi connectivity index (χ1) is 14.0. The molecule has 1 N–H and O–H groups in total. The van der Waals surface area contributed by atoms with Crippen molar-refractivity contribution in [1.29, 1.82) is 0 Å². The highest BCUT2D eigenvalue weighted by molar-refractivity contribution is 8.26. The first-order valence-electron chi connectivity index (χ1n) is 8.70. The molecule has 2 heterocycles. The van der Waals surface area contributed by atoms with E-state index in [-0.39, 0.29) is 4.32 Å². The van der Waals surface area contributed by atoms with Gasteiger partial charge >= 0.3 is 5.97 Å². The van der Waals surface area contributed by atoms with Gasteiger partial charge in [-0.25, -0.2) is 4.68 Å². The molecule has 1 saturated heterocycles. The molecule has 3 aromatic rings. The number of thiocarbonyl (C=S) groups is 1. The van der Waals surface area contributed by atoms with Gasteiger partial charge in [0.1, 0.15) is 10.9 Å². The zero-order chi connectivity index (χ0) is 20.4. The summed E-state index contributed by atoms with van der Waals surface area (Å²) < 4.78 is 1.99. The zero-order valence-electron chi connectivity index (χ0n) is 15.1. The number of nitrogens with zero attached hydrogens (tertiary/aromatic N) is 3. The lowest BCUT2D eigenvalue weighted by Crippen LogP contribution is -2.33. The van der Waals surface area contributed by atoms with Crippen LogP contribution in [0.2, 0.25) is 0 Å². The summed E-state index contributed by atoms with van der Waals surface area (Å²) in [6, 6.07) is 19.3. The average Bonchev–Trinajstić information content (AvgIpc) is 3.26. The number of para-hydroxylation sites is 1. The maximum absolute atomic E-state index is 12.6. The molecule has 8 heteroatoms. The summed E-state index contributed by atoms with van der Waals surface area (Å²) in [6.07, 6.45) is 3.57. The molecular weight excluding hydrogens is 406 g/mol. The molecule has 29 heavy (non-hydrogen) atoms. The summed E-state index contributed by atoms with van der Waals surface area (Å²) in [5, 5.41) is 13.7. The van der Waals surface area contributed by atoms with Gasteiger partial charge in [0.2, 0.25) is 0 Å². The fourth-order valence-electron chi connectivity index (χ4n) is 2.94. The summed E-state index contributed by atoms with van der Waals surface area (Å²) >= 11 is 6.28. The quantitative estimate of drug-likeness (QED) is 0.499. The van der Waals surface area contributed by atoms with Crippen LogP contribution < -0.4 is 0 Å². The van der Waals surface area contributed by atoms with Gasteiger partial charge in [-0.3, -0.25) is 14.5 Å². The SMILES string of the molecule is O=C(O)CN1C(=O)/C(=C/c2cn(-c3ccccc3)nc2-c2ccccc2)SC1=S. The molecular formula is C21H15N3O3S2. The van der Waals surface area contributed by atoms with Crippen LogP contribution in [0.15, 0.2) is 71.8 Å². The van der Waals surface area contributed by atoms with Gasteiger partial charge in [0.05, 0.1) is 16.3 Å². The van der Waals surface area contributed by atoms with Crippen molar-refractivity contribution < 1.29 is 14.7 Å². The molecule has 0 radical (unpaired) electrons. The van der Waals surface area contributed by atoms with Crippen LogP contribution in [0, 0.1) is 0 Å². The predicted molar refractivity (Wildman–Crippen MR) is 117 cm³/mol. The van der Waals surface area contributed by atoms with E-state index in [1.807, 2.05) is 66.9 Å². The molecule has 0 saturated carbocycles. The third-order valence-electron chi connectivity index (χ3n) is 4.26. The molecule has 144 valence electrons. The number of carbonyl (C=O) groups excluding carboxylic acids is 1. The van der Waals surface area contributed by atoms with Gasteiger partial charge in [0.25, 0.3) is 5.91 Å². The molecule has 0 spiro atoms. The Labute approximate surface area is 176 Å². The molecule has 1 aliphatic rings. The largest absolute Gasteiger partial charge is 0.480 e. The van der Waals surface area contributed by atoms with Gasteiger partial charge in [-0.2, -0.15) is 5.10 Å². The Kier molecular flexibility index (Phi) is 5.28. The number of aromatic nitrogens is 2. The molecule has 4 rings (SSSR count). The average molecular weight is 422 g/mol. The van der Waals surface area contributed by atoms with Crippen molar-refractivity contribution in [2.45, 2.75) is 0 Å². The summed E-state index contributed by atoms with van der Waals surface area (Å²) in [5.41, 5.74) is 3.27. The molecule has 1 amide bonds. The second-order valence-electron chi connectivity index (χ2n) is 6.24. The van der Waals surface area contributed by atoms with Crippen LogP contribution in [-0.2, 0) is 9.59 Å². The van der Waals surface area contributed by atoms with Crippen molar-refractivity contribution in [3.05, 3.63) is 77.3 Å². The van der Waals surface area contributed by atoms with Crippen molar-refractivity contribution in [2.24, 2.45) is 0 Å². The molecule has 0 atom stereocenters. The standard InChI is InChI=1S/C21H15N3O3S2/c25-18(26)13-23-20(27)17(29-21(23)28)11-15-12-24(16-9-5-2-6-10-16)22-19(15)14-7-3-1-4-8-14/h1-12H,13H2,(H,25,26)/b17-11-. The third kappa shape index (κ3) is 3.98. The van der Waals surface area contributed by atoms with Crippen molar-refractivity contribution in [2.75, 3.05) is 6.54 Å². The Hall–Kier alpha value is -3.23. The van der Waals surface area contributed by atoms with E-state index >= 15 is 0 Å². The number of thioether (sulfide) groups is 1. The Morgan fingerprint density at radius 1 is 1.10 bits per heavy atom. The van der Waals surface area contributed by atoms with Crippen LogP contribution in [0.1, 0.15) is 5.56 Å². The lowest BCUT2D eigenvalue weighted by atomic mass is 10.1. The van der Waals surface area contributed by atoms with Crippen LogP contribution in [-0.4, -0.2) is 42.5 Å². The topological polar surface area (TPSA) is 75.4 Å². The molecule has 0 unspecified atom stereocenters. The van der Waals surface area contributed by atoms with E-state index in [9.17, 15) is 9.59 Å². The van der Waals surface area contributed by atoms with E-state index < -0.39 is 18.4 Å². The maximum atomic E-state index is 12.6. The highest BCUT2D eigenvalue weighted by Crippen LogP contribution is 2.34. The summed E-state index contributed by atoms with van der Waals surface area (Å²) in [7, 11) is 0. The number of hydrogen-bond acceptors (Lipinski definition) is 5. The summed E-state index contributed by atoms with van der Waals surface area (Å²) in [6.45, 7) is -0.448. The first kappa shape index (κ1) is 19.1. The van der Waals surface area contributed by atoms with E-state index in [4.69, 9.17) is 22.4 Å². The van der Waals surface area contributed by atoms with Crippen LogP contribution in [0.25, 0.3) is 23.0 Å². The van der Waals surface area contributed by atoms with E-state index in [1.165, 1.54) is 0 Å². The number of amides is 1. The number of benzene rings is 2. The first-order valence-corrected chi connectivity index (χ1v) is 9.93. The highest BCUT2D eigenvalue weighted by atomic mass is 32.2. The number of rotatable bonds is 5. The number of aliphatic carboxylic acids is 1. The highest BCUT2D eigenvalue weighted by Gasteiger charge is 2.33. The summed E-state index contributed by atoms with van der Waals surface area (Å²) in [5.74, 6) is -1.52. The molecule has 1 fully saturated rings. The van der Waals surface area contributed by atoms with Gasteiger partial charge in [-0.1, -0.05) is 72.5 Å². The van der Waals surface area contributed by atoms with Crippen LogP contribution in [0.5, 0.6) is 0 Å². The lowest BCUT2D eigenvalue weighted by molar-refractivity contribution is -0.140. The smallest absolute Gasteiger partial charge is 0.323 e. The summed E-state index contributed by atoms with van der Waals surface area (Å²) in [4.78, 5) is 25.1. The Balaban J connectivity index is 1.78. The molecule has 1 aliphatic heterocycles. The van der Waals surface area contributed by atoms with E-state index in [0.717, 1.165) is 39.2 Å². The van der Waals surface area contributed by atoms with Crippen molar-refractivity contribution in [3.8, 4) is 16.9 Å². The lowest BCUT2D eigenvalue weighted by Gasteiger charge is -2.10. The molecule has 0 bridgehead atoms. The molecule has 0 aliphatic carbocycles. The minimum absolute atomic E-state index is 0.236.